The van der Waals surface area contributed by atoms with E-state index in [4.69, 9.17) is 14.2 Å². The Bertz CT molecular complexity index is 903. The number of aromatic nitrogens is 1. The van der Waals surface area contributed by atoms with Gasteiger partial charge in [0.1, 0.15) is 5.82 Å². The number of pyridine rings is 1. The molecule has 2 aromatic rings. The SMILES string of the molecule is COc1ccc(CN2CCC(Nc3ccc(N4CCOCC4)nc3)CC2)cc1OC1CCCC1. The van der Waals surface area contributed by atoms with E-state index >= 15 is 0 Å². The van der Waals surface area contributed by atoms with E-state index in [-0.39, 0.29) is 0 Å². The Kier molecular flexibility index (Phi) is 7.71. The number of hydrogen-bond acceptors (Lipinski definition) is 7. The summed E-state index contributed by atoms with van der Waals surface area (Å²) >= 11 is 0. The summed E-state index contributed by atoms with van der Waals surface area (Å²) < 4.78 is 17.3. The fourth-order valence-electron chi connectivity index (χ4n) is 5.28. The van der Waals surface area contributed by atoms with Gasteiger partial charge in [0.15, 0.2) is 11.5 Å². The Morgan fingerprint density at radius 1 is 0.971 bits per heavy atom. The summed E-state index contributed by atoms with van der Waals surface area (Å²) in [4.78, 5) is 9.50. The molecule has 7 nitrogen and oxygen atoms in total. The molecule has 184 valence electrons. The second-order valence-corrected chi connectivity index (χ2v) is 9.71. The molecule has 1 aliphatic carbocycles. The first-order chi connectivity index (χ1) is 16.8. The topological polar surface area (TPSA) is 59.1 Å². The Labute approximate surface area is 203 Å². The van der Waals surface area contributed by atoms with Gasteiger partial charge in [-0.2, -0.15) is 0 Å². The average Bonchev–Trinajstić information content (AvgIpc) is 3.40. The number of nitrogens with one attached hydrogen (secondary N) is 1. The number of anilines is 2. The van der Waals surface area contributed by atoms with E-state index in [2.05, 4.69) is 50.4 Å². The van der Waals surface area contributed by atoms with Crippen LogP contribution in [0.4, 0.5) is 11.5 Å². The zero-order valence-electron chi connectivity index (χ0n) is 20.4. The van der Waals surface area contributed by atoms with Crippen molar-refractivity contribution >= 4 is 11.5 Å². The molecule has 0 atom stereocenters. The van der Waals surface area contributed by atoms with Gasteiger partial charge in [-0.25, -0.2) is 4.98 Å². The maximum absolute atomic E-state index is 6.29. The van der Waals surface area contributed by atoms with E-state index in [0.717, 1.165) is 94.6 Å². The summed E-state index contributed by atoms with van der Waals surface area (Å²) in [5.41, 5.74) is 2.41. The van der Waals surface area contributed by atoms with Gasteiger partial charge in [-0.3, -0.25) is 4.90 Å². The van der Waals surface area contributed by atoms with Gasteiger partial charge < -0.3 is 24.4 Å². The lowest BCUT2D eigenvalue weighted by Crippen LogP contribution is -2.38. The van der Waals surface area contributed by atoms with Gasteiger partial charge in [-0.05, 0) is 68.4 Å². The van der Waals surface area contributed by atoms with Crippen LogP contribution in [0.1, 0.15) is 44.1 Å². The van der Waals surface area contributed by atoms with Crippen LogP contribution >= 0.6 is 0 Å². The summed E-state index contributed by atoms with van der Waals surface area (Å²) in [6.07, 6.45) is 9.41. The van der Waals surface area contributed by atoms with E-state index < -0.39 is 0 Å². The van der Waals surface area contributed by atoms with E-state index in [9.17, 15) is 0 Å². The van der Waals surface area contributed by atoms with Crippen LogP contribution in [0.25, 0.3) is 0 Å². The zero-order valence-corrected chi connectivity index (χ0v) is 20.4. The molecule has 0 bridgehead atoms. The van der Waals surface area contributed by atoms with Crippen LogP contribution < -0.4 is 19.7 Å². The summed E-state index contributed by atoms with van der Waals surface area (Å²) in [7, 11) is 1.72. The van der Waals surface area contributed by atoms with Crippen LogP contribution in [0.15, 0.2) is 36.5 Å². The number of morpholine rings is 1. The van der Waals surface area contributed by atoms with Crippen LogP contribution in [-0.2, 0) is 11.3 Å². The highest BCUT2D eigenvalue weighted by Crippen LogP contribution is 2.33. The standard InChI is InChI=1S/C27H38N4O3/c1-32-25-8-6-21(18-26(25)34-24-4-2-3-5-24)20-30-12-10-22(11-13-30)29-23-7-9-27(28-19-23)31-14-16-33-17-15-31/h6-9,18-19,22,24,29H,2-5,10-17,20H2,1H3. The van der Waals surface area contributed by atoms with Crippen molar-refractivity contribution in [3.8, 4) is 11.5 Å². The quantitative estimate of drug-likeness (QED) is 0.622. The van der Waals surface area contributed by atoms with Gasteiger partial charge in [-0.1, -0.05) is 6.07 Å². The summed E-state index contributed by atoms with van der Waals surface area (Å²) in [5.74, 6) is 2.78. The molecule has 0 amide bonds. The summed E-state index contributed by atoms with van der Waals surface area (Å²) in [5, 5.41) is 3.69. The van der Waals surface area contributed by atoms with Crippen molar-refractivity contribution in [1.29, 1.82) is 0 Å². The lowest BCUT2D eigenvalue weighted by molar-refractivity contribution is 0.122. The third kappa shape index (κ3) is 5.94. The molecular formula is C27H38N4O3. The molecule has 1 N–H and O–H groups in total. The molecule has 1 aromatic heterocycles. The van der Waals surface area contributed by atoms with Crippen molar-refractivity contribution in [2.75, 3.05) is 56.7 Å². The van der Waals surface area contributed by atoms with Crippen molar-refractivity contribution in [2.45, 2.75) is 57.2 Å². The van der Waals surface area contributed by atoms with Gasteiger partial charge in [0.25, 0.3) is 0 Å². The van der Waals surface area contributed by atoms with Crippen molar-refractivity contribution in [2.24, 2.45) is 0 Å². The molecule has 0 unspecified atom stereocenters. The summed E-state index contributed by atoms with van der Waals surface area (Å²) in [6, 6.07) is 11.2. The lowest BCUT2D eigenvalue weighted by atomic mass is 10.0. The minimum atomic E-state index is 0.336. The van der Waals surface area contributed by atoms with Gasteiger partial charge in [-0.15, -0.1) is 0 Å². The first kappa shape index (κ1) is 23.2. The minimum absolute atomic E-state index is 0.336. The monoisotopic (exact) mass is 466 g/mol. The molecule has 3 aliphatic rings. The molecule has 3 fully saturated rings. The van der Waals surface area contributed by atoms with Crippen molar-refractivity contribution < 1.29 is 14.2 Å². The smallest absolute Gasteiger partial charge is 0.161 e. The number of methoxy groups -OCH3 is 1. The van der Waals surface area contributed by atoms with Crippen molar-refractivity contribution in [3.05, 3.63) is 42.1 Å². The maximum atomic E-state index is 6.29. The third-order valence-corrected chi connectivity index (χ3v) is 7.27. The Balaban J connectivity index is 1.11. The molecular weight excluding hydrogens is 428 g/mol. The molecule has 2 saturated heterocycles. The molecule has 0 spiro atoms. The van der Waals surface area contributed by atoms with Crippen molar-refractivity contribution in [1.82, 2.24) is 9.88 Å². The Morgan fingerprint density at radius 3 is 2.47 bits per heavy atom. The molecule has 34 heavy (non-hydrogen) atoms. The molecule has 1 saturated carbocycles. The maximum Gasteiger partial charge on any atom is 0.161 e. The highest BCUT2D eigenvalue weighted by atomic mass is 16.5. The Hall–Kier alpha value is -2.51. The summed E-state index contributed by atoms with van der Waals surface area (Å²) in [6.45, 7) is 6.52. The van der Waals surface area contributed by atoms with Gasteiger partial charge >= 0.3 is 0 Å². The fourth-order valence-corrected chi connectivity index (χ4v) is 5.28. The first-order valence-corrected chi connectivity index (χ1v) is 12.9. The fraction of sp³-hybridized carbons (Fsp3) is 0.593. The van der Waals surface area contributed by atoms with Crippen LogP contribution in [0, 0.1) is 0 Å². The van der Waals surface area contributed by atoms with Gasteiger partial charge in [0.05, 0.1) is 38.3 Å². The molecule has 3 heterocycles. The largest absolute Gasteiger partial charge is 0.493 e. The van der Waals surface area contributed by atoms with Gasteiger partial charge in [0.2, 0.25) is 0 Å². The number of rotatable bonds is 8. The predicted octanol–water partition coefficient (Wildman–Crippen LogP) is 4.32. The van der Waals surface area contributed by atoms with E-state index in [1.807, 2.05) is 6.20 Å². The normalized spacial score (nSPS) is 20.4. The van der Waals surface area contributed by atoms with E-state index in [0.29, 0.717) is 12.1 Å². The first-order valence-electron chi connectivity index (χ1n) is 12.9. The number of nitrogens with zero attached hydrogens (tertiary/aromatic N) is 3. The lowest BCUT2D eigenvalue weighted by Gasteiger charge is -2.33. The predicted molar refractivity (Wildman–Crippen MR) is 135 cm³/mol. The van der Waals surface area contributed by atoms with Crippen LogP contribution in [-0.4, -0.2) is 68.5 Å². The van der Waals surface area contributed by atoms with Crippen LogP contribution in [0.5, 0.6) is 11.5 Å². The number of likely N-dealkylation sites (tertiary alicyclic amines) is 1. The van der Waals surface area contributed by atoms with E-state index in [1.54, 1.807) is 7.11 Å². The van der Waals surface area contributed by atoms with Crippen LogP contribution in [0.3, 0.4) is 0 Å². The van der Waals surface area contributed by atoms with E-state index in [1.165, 1.54) is 18.4 Å². The van der Waals surface area contributed by atoms with Gasteiger partial charge in [0, 0.05) is 38.8 Å². The highest BCUT2D eigenvalue weighted by molar-refractivity contribution is 5.49. The zero-order chi connectivity index (χ0) is 23.2. The Morgan fingerprint density at radius 2 is 1.76 bits per heavy atom. The molecule has 1 aromatic carbocycles. The molecule has 0 radical (unpaired) electrons. The highest BCUT2D eigenvalue weighted by Gasteiger charge is 2.22. The molecule has 7 heteroatoms. The van der Waals surface area contributed by atoms with Crippen molar-refractivity contribution in [3.63, 3.8) is 0 Å². The number of piperidine rings is 1. The average molecular weight is 467 g/mol. The molecule has 2 aliphatic heterocycles. The number of hydrogen-bond donors (Lipinski definition) is 1. The van der Waals surface area contributed by atoms with Crippen LogP contribution in [0.2, 0.25) is 0 Å². The second-order valence-electron chi connectivity index (χ2n) is 9.71. The second kappa shape index (κ2) is 11.3. The number of benzene rings is 1. The molecule has 5 rings (SSSR count). The number of ether oxygens (including phenoxy) is 3. The third-order valence-electron chi connectivity index (χ3n) is 7.27. The minimum Gasteiger partial charge on any atom is -0.493 e.